The van der Waals surface area contributed by atoms with Gasteiger partial charge < -0.3 is 10.1 Å². The molecule has 1 atom stereocenters. The van der Waals surface area contributed by atoms with Crippen LogP contribution >= 0.6 is 0 Å². The van der Waals surface area contributed by atoms with Crippen molar-refractivity contribution in [3.05, 3.63) is 66.7 Å². The number of fused-ring (bicyclic) bond motifs is 1. The van der Waals surface area contributed by atoms with Crippen LogP contribution in [0.1, 0.15) is 13.8 Å². The summed E-state index contributed by atoms with van der Waals surface area (Å²) in [5.74, 6) is 0.221. The molecule has 3 rings (SSSR count). The van der Waals surface area contributed by atoms with Gasteiger partial charge in [0.05, 0.1) is 18.6 Å². The zero-order valence-corrected chi connectivity index (χ0v) is 17.4. The van der Waals surface area contributed by atoms with Gasteiger partial charge in [0.1, 0.15) is 11.8 Å². The molecule has 0 unspecified atom stereocenters. The highest BCUT2D eigenvalue weighted by molar-refractivity contribution is 7.92. The topological polar surface area (TPSA) is 75.7 Å². The molecule has 0 heterocycles. The first kappa shape index (κ1) is 20.7. The standard InChI is InChI=1S/C22H24N2O4S/c1-4-28-19-14-12-18(13-15-19)24(29(3,26)27)16(2)22(25)23-21-11-7-9-17-8-5-6-10-20(17)21/h5-16H,4H2,1-3H3,(H,23,25)/t16-/m1/s1. The number of benzene rings is 3. The number of ether oxygens (including phenoxy) is 1. The SMILES string of the molecule is CCOc1ccc(N([C@H](C)C(=O)Nc2cccc3ccccc23)S(C)(=O)=O)cc1. The number of sulfonamides is 1. The van der Waals surface area contributed by atoms with Gasteiger partial charge >= 0.3 is 0 Å². The lowest BCUT2D eigenvalue weighted by molar-refractivity contribution is -0.116. The minimum Gasteiger partial charge on any atom is -0.494 e. The molecule has 1 N–H and O–H groups in total. The zero-order chi connectivity index (χ0) is 21.0. The van der Waals surface area contributed by atoms with E-state index >= 15 is 0 Å². The summed E-state index contributed by atoms with van der Waals surface area (Å²) in [5.41, 5.74) is 1.04. The second-order valence-electron chi connectivity index (χ2n) is 6.68. The molecule has 0 spiro atoms. The van der Waals surface area contributed by atoms with Crippen LogP contribution in [0, 0.1) is 0 Å². The van der Waals surface area contributed by atoms with Crippen molar-refractivity contribution in [3.63, 3.8) is 0 Å². The summed E-state index contributed by atoms with van der Waals surface area (Å²) in [6.45, 7) is 3.95. The molecular formula is C22H24N2O4S. The molecule has 1 amide bonds. The summed E-state index contributed by atoms with van der Waals surface area (Å²) in [6.07, 6.45) is 1.09. The predicted molar refractivity (Wildman–Crippen MR) is 117 cm³/mol. The first-order chi connectivity index (χ1) is 13.8. The van der Waals surface area contributed by atoms with Crippen molar-refractivity contribution < 1.29 is 17.9 Å². The molecule has 0 aliphatic rings. The van der Waals surface area contributed by atoms with Gasteiger partial charge in [0, 0.05) is 11.1 Å². The molecule has 3 aromatic carbocycles. The van der Waals surface area contributed by atoms with Gasteiger partial charge in [-0.3, -0.25) is 9.10 Å². The van der Waals surface area contributed by atoms with Gasteiger partial charge in [0.2, 0.25) is 15.9 Å². The molecule has 152 valence electrons. The summed E-state index contributed by atoms with van der Waals surface area (Å²) in [7, 11) is -3.69. The molecule has 7 heteroatoms. The third kappa shape index (κ3) is 4.68. The number of anilines is 2. The van der Waals surface area contributed by atoms with Gasteiger partial charge in [0.25, 0.3) is 0 Å². The van der Waals surface area contributed by atoms with Crippen LogP contribution in [0.3, 0.4) is 0 Å². The monoisotopic (exact) mass is 412 g/mol. The number of carbonyl (C=O) groups is 1. The minimum absolute atomic E-state index is 0.400. The average Bonchev–Trinajstić information content (AvgIpc) is 2.69. The van der Waals surface area contributed by atoms with E-state index in [2.05, 4.69) is 5.32 Å². The molecule has 0 fully saturated rings. The first-order valence-electron chi connectivity index (χ1n) is 9.32. The molecular weight excluding hydrogens is 388 g/mol. The third-order valence-corrected chi connectivity index (χ3v) is 5.78. The van der Waals surface area contributed by atoms with E-state index in [0.29, 0.717) is 23.7 Å². The number of carbonyl (C=O) groups excluding carboxylic acids is 1. The summed E-state index contributed by atoms with van der Waals surface area (Å²) in [4.78, 5) is 12.9. The second-order valence-corrected chi connectivity index (χ2v) is 8.54. The largest absolute Gasteiger partial charge is 0.494 e. The Morgan fingerprint density at radius 1 is 1.03 bits per heavy atom. The Bertz CT molecular complexity index is 1110. The molecule has 0 radical (unpaired) electrons. The van der Waals surface area contributed by atoms with Crippen LogP contribution in [-0.4, -0.2) is 33.2 Å². The fraction of sp³-hybridized carbons (Fsp3) is 0.227. The number of rotatable bonds is 7. The van der Waals surface area contributed by atoms with Crippen LogP contribution in [0.25, 0.3) is 10.8 Å². The van der Waals surface area contributed by atoms with E-state index in [4.69, 9.17) is 4.74 Å². The third-order valence-electron chi connectivity index (χ3n) is 4.54. The van der Waals surface area contributed by atoms with E-state index in [1.54, 1.807) is 37.3 Å². The Kier molecular flexibility index (Phi) is 6.08. The average molecular weight is 413 g/mol. The number of hydrogen-bond donors (Lipinski definition) is 1. The maximum Gasteiger partial charge on any atom is 0.248 e. The van der Waals surface area contributed by atoms with Gasteiger partial charge in [-0.2, -0.15) is 0 Å². The van der Waals surface area contributed by atoms with Gasteiger partial charge in [0.15, 0.2) is 0 Å². The van der Waals surface area contributed by atoms with Gasteiger partial charge in [-0.1, -0.05) is 36.4 Å². The Labute approximate surface area is 171 Å². The van der Waals surface area contributed by atoms with Crippen molar-refractivity contribution >= 4 is 38.1 Å². The highest BCUT2D eigenvalue weighted by atomic mass is 32.2. The summed E-state index contributed by atoms with van der Waals surface area (Å²) < 4.78 is 31.5. The predicted octanol–water partition coefficient (Wildman–Crippen LogP) is 4.03. The van der Waals surface area contributed by atoms with E-state index in [0.717, 1.165) is 21.3 Å². The molecule has 29 heavy (non-hydrogen) atoms. The smallest absolute Gasteiger partial charge is 0.248 e. The number of nitrogens with zero attached hydrogens (tertiary/aromatic N) is 1. The first-order valence-corrected chi connectivity index (χ1v) is 11.2. The minimum atomic E-state index is -3.69. The number of amides is 1. The Morgan fingerprint density at radius 2 is 1.69 bits per heavy atom. The quantitative estimate of drug-likeness (QED) is 0.636. The van der Waals surface area contributed by atoms with E-state index in [1.165, 1.54) is 0 Å². The normalized spacial score (nSPS) is 12.4. The lowest BCUT2D eigenvalue weighted by Gasteiger charge is -2.28. The van der Waals surface area contributed by atoms with Crippen LogP contribution in [0.2, 0.25) is 0 Å². The van der Waals surface area contributed by atoms with E-state index in [1.807, 2.05) is 43.3 Å². The Hall–Kier alpha value is -3.06. The summed E-state index contributed by atoms with van der Waals surface area (Å²) >= 11 is 0. The fourth-order valence-electron chi connectivity index (χ4n) is 3.24. The lowest BCUT2D eigenvalue weighted by Crippen LogP contribution is -2.45. The summed E-state index contributed by atoms with van der Waals surface area (Å²) in [6, 6.07) is 19.0. The maximum absolute atomic E-state index is 12.9. The van der Waals surface area contributed by atoms with Crippen molar-refractivity contribution in [3.8, 4) is 5.75 Å². The molecule has 3 aromatic rings. The van der Waals surface area contributed by atoms with Crippen molar-refractivity contribution in [2.24, 2.45) is 0 Å². The van der Waals surface area contributed by atoms with E-state index < -0.39 is 22.0 Å². The van der Waals surface area contributed by atoms with Crippen LogP contribution < -0.4 is 14.4 Å². The molecule has 0 saturated carbocycles. The summed E-state index contributed by atoms with van der Waals surface area (Å²) in [5, 5.41) is 4.75. The van der Waals surface area contributed by atoms with Crippen molar-refractivity contribution in [2.75, 3.05) is 22.5 Å². The molecule has 0 bridgehead atoms. The van der Waals surface area contributed by atoms with Crippen LogP contribution in [0.5, 0.6) is 5.75 Å². The second kappa shape index (κ2) is 8.53. The van der Waals surface area contributed by atoms with Crippen LogP contribution in [-0.2, 0) is 14.8 Å². The molecule has 0 aliphatic heterocycles. The molecule has 0 aliphatic carbocycles. The molecule has 0 saturated heterocycles. The van der Waals surface area contributed by atoms with E-state index in [-0.39, 0.29) is 0 Å². The molecule has 0 aromatic heterocycles. The van der Waals surface area contributed by atoms with Crippen LogP contribution in [0.4, 0.5) is 11.4 Å². The van der Waals surface area contributed by atoms with Gasteiger partial charge in [-0.25, -0.2) is 8.42 Å². The van der Waals surface area contributed by atoms with Gasteiger partial charge in [-0.05, 0) is 49.6 Å². The highest BCUT2D eigenvalue weighted by Gasteiger charge is 2.29. The van der Waals surface area contributed by atoms with E-state index in [9.17, 15) is 13.2 Å². The lowest BCUT2D eigenvalue weighted by atomic mass is 10.1. The van der Waals surface area contributed by atoms with Crippen molar-refractivity contribution in [1.82, 2.24) is 0 Å². The zero-order valence-electron chi connectivity index (χ0n) is 16.6. The fourth-order valence-corrected chi connectivity index (χ4v) is 4.41. The Morgan fingerprint density at radius 3 is 2.34 bits per heavy atom. The van der Waals surface area contributed by atoms with Gasteiger partial charge in [-0.15, -0.1) is 0 Å². The Balaban J connectivity index is 1.89. The highest BCUT2D eigenvalue weighted by Crippen LogP contribution is 2.26. The number of nitrogens with one attached hydrogen (secondary N) is 1. The maximum atomic E-state index is 12.9. The van der Waals surface area contributed by atoms with Crippen LogP contribution in [0.15, 0.2) is 66.7 Å². The molecule has 6 nitrogen and oxygen atoms in total. The van der Waals surface area contributed by atoms with Crippen molar-refractivity contribution in [2.45, 2.75) is 19.9 Å². The van der Waals surface area contributed by atoms with Crippen molar-refractivity contribution in [1.29, 1.82) is 0 Å². The number of hydrogen-bond acceptors (Lipinski definition) is 4.